The Hall–Kier alpha value is -1.45. The number of benzene rings is 1. The lowest BCUT2D eigenvalue weighted by molar-refractivity contribution is -0.137. The van der Waals surface area contributed by atoms with E-state index in [-0.39, 0.29) is 6.04 Å². The molecule has 0 saturated carbocycles. The Kier molecular flexibility index (Phi) is 6.00. The lowest BCUT2D eigenvalue weighted by Gasteiger charge is -2.23. The van der Waals surface area contributed by atoms with E-state index in [1.807, 2.05) is 0 Å². The molecule has 0 radical (unpaired) electrons. The first-order valence-corrected chi connectivity index (χ1v) is 9.06. The second-order valence-corrected chi connectivity index (χ2v) is 7.35. The summed E-state index contributed by atoms with van der Waals surface area (Å²) < 4.78 is 78.2. The SMILES string of the molecule is O=S(=O)(CC=Cc1cc(F)ccc1C(F)(F)F)NC1CCNCC1. The number of nitrogens with one attached hydrogen (secondary N) is 2. The molecule has 4 nitrogen and oxygen atoms in total. The summed E-state index contributed by atoms with van der Waals surface area (Å²) in [7, 11) is -3.65. The normalized spacial score (nSPS) is 17.5. The van der Waals surface area contributed by atoms with Crippen molar-refractivity contribution < 1.29 is 26.0 Å². The van der Waals surface area contributed by atoms with Gasteiger partial charge in [0.2, 0.25) is 10.0 Å². The average Bonchev–Trinajstić information content (AvgIpc) is 2.46. The van der Waals surface area contributed by atoms with Gasteiger partial charge in [0.25, 0.3) is 0 Å². The van der Waals surface area contributed by atoms with Crippen molar-refractivity contribution in [2.45, 2.75) is 25.1 Å². The van der Waals surface area contributed by atoms with Gasteiger partial charge >= 0.3 is 6.18 Å². The van der Waals surface area contributed by atoms with E-state index >= 15 is 0 Å². The molecule has 0 amide bonds. The topological polar surface area (TPSA) is 58.2 Å². The Morgan fingerprint density at radius 2 is 1.92 bits per heavy atom. The van der Waals surface area contributed by atoms with Gasteiger partial charge in [0.15, 0.2) is 0 Å². The highest BCUT2D eigenvalue weighted by Crippen LogP contribution is 2.32. The van der Waals surface area contributed by atoms with Gasteiger partial charge in [-0.05, 0) is 49.7 Å². The molecular weight excluding hydrogens is 348 g/mol. The Balaban J connectivity index is 2.06. The van der Waals surface area contributed by atoms with Gasteiger partial charge in [-0.25, -0.2) is 17.5 Å². The molecule has 0 unspecified atom stereocenters. The summed E-state index contributed by atoms with van der Waals surface area (Å²) in [6.07, 6.45) is -1.25. The van der Waals surface area contributed by atoms with E-state index in [9.17, 15) is 26.0 Å². The largest absolute Gasteiger partial charge is 0.416 e. The fourth-order valence-corrected chi connectivity index (χ4v) is 3.66. The summed E-state index contributed by atoms with van der Waals surface area (Å²) in [5.74, 6) is -1.29. The van der Waals surface area contributed by atoms with Crippen LogP contribution in [0.1, 0.15) is 24.0 Å². The molecule has 1 aliphatic rings. The number of alkyl halides is 3. The molecule has 0 bridgehead atoms. The van der Waals surface area contributed by atoms with Crippen LogP contribution in [0.2, 0.25) is 0 Å². The Morgan fingerprint density at radius 3 is 2.54 bits per heavy atom. The predicted molar refractivity (Wildman–Crippen MR) is 83.3 cm³/mol. The van der Waals surface area contributed by atoms with E-state index < -0.39 is 38.9 Å². The van der Waals surface area contributed by atoms with Crippen LogP contribution >= 0.6 is 0 Å². The second kappa shape index (κ2) is 7.62. The molecule has 1 saturated heterocycles. The molecule has 1 aliphatic heterocycles. The number of piperidine rings is 1. The van der Waals surface area contributed by atoms with Crippen molar-refractivity contribution >= 4 is 16.1 Å². The lowest BCUT2D eigenvalue weighted by atomic mass is 10.1. The molecule has 0 spiro atoms. The standard InChI is InChI=1S/C15H18F4N2O2S/c16-12-3-4-14(15(17,18)19)11(10-12)2-1-9-24(22,23)21-13-5-7-20-8-6-13/h1-4,10,13,20-21H,5-9H2. The number of rotatable bonds is 5. The summed E-state index contributed by atoms with van der Waals surface area (Å²) >= 11 is 0. The molecule has 2 rings (SSSR count). The summed E-state index contributed by atoms with van der Waals surface area (Å²) in [6.45, 7) is 1.42. The zero-order chi connectivity index (χ0) is 17.8. The van der Waals surface area contributed by atoms with Crippen LogP contribution in [0.15, 0.2) is 24.3 Å². The lowest BCUT2D eigenvalue weighted by Crippen LogP contribution is -2.43. The molecule has 1 fully saturated rings. The highest BCUT2D eigenvalue weighted by Gasteiger charge is 2.32. The van der Waals surface area contributed by atoms with Crippen molar-refractivity contribution in [2.24, 2.45) is 0 Å². The highest BCUT2D eigenvalue weighted by molar-refractivity contribution is 7.89. The van der Waals surface area contributed by atoms with Crippen LogP contribution in [0.25, 0.3) is 6.08 Å². The third-order valence-electron chi connectivity index (χ3n) is 3.62. The van der Waals surface area contributed by atoms with Gasteiger partial charge < -0.3 is 5.32 Å². The highest BCUT2D eigenvalue weighted by atomic mass is 32.2. The molecule has 1 aromatic carbocycles. The van der Waals surface area contributed by atoms with Crippen LogP contribution in [0.3, 0.4) is 0 Å². The quantitative estimate of drug-likeness (QED) is 0.788. The fourth-order valence-electron chi connectivity index (χ4n) is 2.47. The monoisotopic (exact) mass is 366 g/mol. The number of hydrogen-bond acceptors (Lipinski definition) is 3. The van der Waals surface area contributed by atoms with Gasteiger partial charge in [-0.15, -0.1) is 0 Å². The number of hydrogen-bond donors (Lipinski definition) is 2. The van der Waals surface area contributed by atoms with E-state index in [1.54, 1.807) is 0 Å². The van der Waals surface area contributed by atoms with Crippen LogP contribution in [0.5, 0.6) is 0 Å². The molecule has 1 aromatic rings. The minimum atomic E-state index is -4.64. The molecule has 9 heteroatoms. The predicted octanol–water partition coefficient (Wildman–Crippen LogP) is 2.53. The number of sulfonamides is 1. The molecule has 2 N–H and O–H groups in total. The third kappa shape index (κ3) is 5.57. The average molecular weight is 366 g/mol. The Bertz CT molecular complexity index is 696. The maximum atomic E-state index is 13.2. The Labute approximate surface area is 138 Å². The minimum absolute atomic E-state index is 0.176. The first-order valence-electron chi connectivity index (χ1n) is 7.41. The summed E-state index contributed by atoms with van der Waals surface area (Å²) in [4.78, 5) is 0. The molecule has 24 heavy (non-hydrogen) atoms. The summed E-state index contributed by atoms with van der Waals surface area (Å²) in [6, 6.07) is 1.91. The van der Waals surface area contributed by atoms with E-state index in [0.717, 1.165) is 24.3 Å². The minimum Gasteiger partial charge on any atom is -0.317 e. The number of halogens is 4. The maximum Gasteiger partial charge on any atom is 0.416 e. The van der Waals surface area contributed by atoms with Gasteiger partial charge in [-0.3, -0.25) is 0 Å². The van der Waals surface area contributed by atoms with Crippen molar-refractivity contribution in [1.29, 1.82) is 0 Å². The molecule has 0 aromatic heterocycles. The zero-order valence-electron chi connectivity index (χ0n) is 12.7. The van der Waals surface area contributed by atoms with E-state index in [2.05, 4.69) is 10.0 Å². The van der Waals surface area contributed by atoms with Crippen molar-refractivity contribution in [1.82, 2.24) is 10.0 Å². The van der Waals surface area contributed by atoms with Gasteiger partial charge in [-0.1, -0.05) is 12.2 Å². The van der Waals surface area contributed by atoms with Crippen molar-refractivity contribution in [3.63, 3.8) is 0 Å². The smallest absolute Gasteiger partial charge is 0.317 e. The van der Waals surface area contributed by atoms with Gasteiger partial charge in [-0.2, -0.15) is 13.2 Å². The van der Waals surface area contributed by atoms with Crippen LogP contribution < -0.4 is 10.0 Å². The van der Waals surface area contributed by atoms with Crippen molar-refractivity contribution in [3.8, 4) is 0 Å². The van der Waals surface area contributed by atoms with Gasteiger partial charge in [0, 0.05) is 6.04 Å². The van der Waals surface area contributed by atoms with Crippen molar-refractivity contribution in [3.05, 3.63) is 41.2 Å². The molecule has 0 atom stereocenters. The van der Waals surface area contributed by atoms with Crippen LogP contribution in [0.4, 0.5) is 17.6 Å². The summed E-state index contributed by atoms with van der Waals surface area (Å²) in [5, 5.41) is 3.10. The van der Waals surface area contributed by atoms with Gasteiger partial charge in [0.1, 0.15) is 5.82 Å². The molecule has 1 heterocycles. The van der Waals surface area contributed by atoms with Gasteiger partial charge in [0.05, 0.1) is 11.3 Å². The van der Waals surface area contributed by atoms with Crippen LogP contribution in [0, 0.1) is 5.82 Å². The first-order chi connectivity index (χ1) is 11.2. The molecule has 134 valence electrons. The van der Waals surface area contributed by atoms with Crippen LogP contribution in [-0.2, 0) is 16.2 Å². The van der Waals surface area contributed by atoms with E-state index in [1.165, 1.54) is 0 Å². The maximum absolute atomic E-state index is 13.2. The third-order valence-corrected chi connectivity index (χ3v) is 4.94. The molecule has 0 aliphatic carbocycles. The van der Waals surface area contributed by atoms with Crippen molar-refractivity contribution in [2.75, 3.05) is 18.8 Å². The van der Waals surface area contributed by atoms with E-state index in [4.69, 9.17) is 0 Å². The molecular formula is C15H18F4N2O2S. The van der Waals surface area contributed by atoms with E-state index in [0.29, 0.717) is 32.0 Å². The first kappa shape index (κ1) is 18.9. The van der Waals surface area contributed by atoms with Crippen LogP contribution in [-0.4, -0.2) is 33.3 Å². The fraction of sp³-hybridized carbons (Fsp3) is 0.467. The second-order valence-electron chi connectivity index (χ2n) is 5.56. The Morgan fingerprint density at radius 1 is 1.25 bits per heavy atom. The summed E-state index contributed by atoms with van der Waals surface area (Å²) in [5.41, 5.74) is -1.41. The zero-order valence-corrected chi connectivity index (χ0v) is 13.6.